The van der Waals surface area contributed by atoms with Gasteiger partial charge in [-0.1, -0.05) is 0 Å². The smallest absolute Gasteiger partial charge is 0.207 e. The molecule has 0 unspecified atom stereocenters. The maximum Gasteiger partial charge on any atom is 0.207 e. The number of ketones is 1. The summed E-state index contributed by atoms with van der Waals surface area (Å²) >= 11 is 0. The fourth-order valence-corrected chi connectivity index (χ4v) is 1.34. The monoisotopic (exact) mass is 205 g/mol. The van der Waals surface area contributed by atoms with E-state index in [0.717, 1.165) is 0 Å². The van der Waals surface area contributed by atoms with Gasteiger partial charge in [-0.3, -0.25) is 4.79 Å². The van der Waals surface area contributed by atoms with Crippen LogP contribution in [0.2, 0.25) is 0 Å². The van der Waals surface area contributed by atoms with E-state index in [-0.39, 0.29) is 5.78 Å². The van der Waals surface area contributed by atoms with Gasteiger partial charge >= 0.3 is 0 Å². The molecular weight excluding hydrogens is 190 g/mol. The molecule has 1 aromatic rings. The first-order valence-corrected chi connectivity index (χ1v) is 5.09. The molecule has 4 nitrogen and oxygen atoms in total. The minimum atomic E-state index is -0.0388. The van der Waals surface area contributed by atoms with Gasteiger partial charge in [0, 0.05) is 38.6 Å². The van der Waals surface area contributed by atoms with Gasteiger partial charge in [-0.25, -0.2) is 4.98 Å². The van der Waals surface area contributed by atoms with Gasteiger partial charge in [-0.2, -0.15) is 0 Å². The molecule has 0 radical (unpaired) electrons. The fourth-order valence-electron chi connectivity index (χ4n) is 1.34. The van der Waals surface area contributed by atoms with Crippen LogP contribution in [0.25, 0.3) is 0 Å². The van der Waals surface area contributed by atoms with E-state index in [1.54, 1.807) is 18.6 Å². The third-order valence-electron chi connectivity index (χ3n) is 2.35. The van der Waals surface area contributed by atoms with Crippen molar-refractivity contribution < 1.29 is 4.79 Å². The van der Waals surface area contributed by atoms with E-state index in [9.17, 15) is 4.79 Å². The maximum absolute atomic E-state index is 11.6. The number of carbonyl (C=O) groups excluding carboxylic acids is 1. The zero-order valence-corrected chi connectivity index (χ0v) is 9.05. The summed E-state index contributed by atoms with van der Waals surface area (Å²) in [6.07, 6.45) is 9.27. The van der Waals surface area contributed by atoms with Crippen molar-refractivity contribution in [2.45, 2.75) is 18.9 Å². The Morgan fingerprint density at radius 1 is 1.60 bits per heavy atom. The lowest BCUT2D eigenvalue weighted by Gasteiger charge is -2.01. The van der Waals surface area contributed by atoms with Crippen molar-refractivity contribution in [2.75, 3.05) is 14.1 Å². The molecule has 1 aliphatic rings. The number of hydrogen-bond donors (Lipinski definition) is 0. The van der Waals surface area contributed by atoms with Gasteiger partial charge in [-0.15, -0.1) is 0 Å². The Labute approximate surface area is 89.2 Å². The Bertz CT molecular complexity index is 388. The summed E-state index contributed by atoms with van der Waals surface area (Å²) in [6.45, 7) is 0. The third kappa shape index (κ3) is 2.46. The highest BCUT2D eigenvalue weighted by atomic mass is 16.1. The van der Waals surface area contributed by atoms with Crippen LogP contribution in [-0.2, 0) is 0 Å². The number of carbonyl (C=O) groups is 1. The van der Waals surface area contributed by atoms with E-state index in [2.05, 4.69) is 4.98 Å². The van der Waals surface area contributed by atoms with Gasteiger partial charge in [0.1, 0.15) is 5.69 Å². The average Bonchev–Trinajstić information content (AvgIpc) is 2.93. The van der Waals surface area contributed by atoms with Gasteiger partial charge in [-0.05, 0) is 12.8 Å². The first-order valence-electron chi connectivity index (χ1n) is 5.09. The number of allylic oxidation sites excluding steroid dienone is 1. The Morgan fingerprint density at radius 2 is 2.33 bits per heavy atom. The van der Waals surface area contributed by atoms with Crippen molar-refractivity contribution in [3.8, 4) is 0 Å². The van der Waals surface area contributed by atoms with Crippen LogP contribution in [0.1, 0.15) is 29.4 Å². The van der Waals surface area contributed by atoms with Crippen LogP contribution in [0, 0.1) is 0 Å². The van der Waals surface area contributed by atoms with Crippen molar-refractivity contribution in [2.24, 2.45) is 0 Å². The number of hydrogen-bond acceptors (Lipinski definition) is 3. The standard InChI is InChI=1S/C11H15N3O/c1-13(2)6-5-11(15)10-7-14(8-12-10)9-3-4-9/h5-9H,3-4H2,1-2H3/b6-5+. The van der Waals surface area contributed by atoms with E-state index >= 15 is 0 Å². The Hall–Kier alpha value is -1.58. The largest absolute Gasteiger partial charge is 0.383 e. The predicted molar refractivity (Wildman–Crippen MR) is 57.7 cm³/mol. The molecule has 0 atom stereocenters. The molecule has 80 valence electrons. The second-order valence-corrected chi connectivity index (χ2v) is 4.08. The molecule has 0 saturated heterocycles. The highest BCUT2D eigenvalue weighted by Crippen LogP contribution is 2.34. The molecule has 0 aliphatic heterocycles. The molecule has 0 spiro atoms. The van der Waals surface area contributed by atoms with Gasteiger partial charge < -0.3 is 9.47 Å². The predicted octanol–water partition coefficient (Wildman–Crippen LogP) is 1.48. The number of imidazole rings is 1. The summed E-state index contributed by atoms with van der Waals surface area (Å²) in [4.78, 5) is 17.5. The zero-order chi connectivity index (χ0) is 10.8. The minimum Gasteiger partial charge on any atom is -0.383 e. The van der Waals surface area contributed by atoms with Crippen molar-refractivity contribution in [3.05, 3.63) is 30.5 Å². The number of rotatable bonds is 4. The van der Waals surface area contributed by atoms with E-state index in [1.807, 2.05) is 29.8 Å². The molecule has 0 bridgehead atoms. The second-order valence-electron chi connectivity index (χ2n) is 4.08. The van der Waals surface area contributed by atoms with Crippen molar-refractivity contribution in [1.82, 2.24) is 14.5 Å². The molecular formula is C11H15N3O. The molecule has 0 N–H and O–H groups in total. The molecule has 0 aromatic carbocycles. The van der Waals surface area contributed by atoms with E-state index < -0.39 is 0 Å². The average molecular weight is 205 g/mol. The Balaban J connectivity index is 2.04. The third-order valence-corrected chi connectivity index (χ3v) is 2.35. The molecule has 1 saturated carbocycles. The lowest BCUT2D eigenvalue weighted by atomic mass is 10.3. The van der Waals surface area contributed by atoms with Crippen molar-refractivity contribution in [1.29, 1.82) is 0 Å². The normalized spacial score (nSPS) is 15.9. The van der Waals surface area contributed by atoms with Crippen LogP contribution in [0.3, 0.4) is 0 Å². The van der Waals surface area contributed by atoms with E-state index in [1.165, 1.54) is 12.8 Å². The van der Waals surface area contributed by atoms with Crippen LogP contribution >= 0.6 is 0 Å². The Kier molecular flexibility index (Phi) is 2.58. The van der Waals surface area contributed by atoms with Gasteiger partial charge in [0.25, 0.3) is 0 Å². The van der Waals surface area contributed by atoms with E-state index in [0.29, 0.717) is 11.7 Å². The first-order chi connectivity index (χ1) is 7.16. The van der Waals surface area contributed by atoms with Gasteiger partial charge in [0.2, 0.25) is 5.78 Å². The lowest BCUT2D eigenvalue weighted by molar-refractivity contribution is 0.104. The van der Waals surface area contributed by atoms with E-state index in [4.69, 9.17) is 0 Å². The quantitative estimate of drug-likeness (QED) is 0.552. The molecule has 2 rings (SSSR count). The summed E-state index contributed by atoms with van der Waals surface area (Å²) < 4.78 is 2.02. The molecule has 1 heterocycles. The van der Waals surface area contributed by atoms with Crippen molar-refractivity contribution >= 4 is 5.78 Å². The number of nitrogens with zero attached hydrogens (tertiary/aromatic N) is 3. The van der Waals surface area contributed by atoms with Gasteiger partial charge in [0.05, 0.1) is 6.33 Å². The second kappa shape index (κ2) is 3.88. The number of aromatic nitrogens is 2. The topological polar surface area (TPSA) is 38.1 Å². The summed E-state index contributed by atoms with van der Waals surface area (Å²) in [7, 11) is 3.76. The molecule has 1 aliphatic carbocycles. The summed E-state index contributed by atoms with van der Waals surface area (Å²) in [5, 5.41) is 0. The van der Waals surface area contributed by atoms with Crippen LogP contribution in [0.15, 0.2) is 24.8 Å². The summed E-state index contributed by atoms with van der Waals surface area (Å²) in [5.74, 6) is -0.0388. The van der Waals surface area contributed by atoms with Crippen LogP contribution in [0.5, 0.6) is 0 Å². The molecule has 1 aromatic heterocycles. The summed E-state index contributed by atoms with van der Waals surface area (Å²) in [6, 6.07) is 0.580. The van der Waals surface area contributed by atoms with Crippen LogP contribution in [-0.4, -0.2) is 34.3 Å². The van der Waals surface area contributed by atoms with Gasteiger partial charge in [0.15, 0.2) is 0 Å². The molecule has 0 amide bonds. The first kappa shape index (κ1) is 9.96. The fraction of sp³-hybridized carbons (Fsp3) is 0.455. The van der Waals surface area contributed by atoms with Crippen LogP contribution in [0.4, 0.5) is 0 Å². The molecule has 15 heavy (non-hydrogen) atoms. The highest BCUT2D eigenvalue weighted by Gasteiger charge is 2.23. The zero-order valence-electron chi connectivity index (χ0n) is 9.05. The SMILES string of the molecule is CN(C)/C=C/C(=O)c1cn(C2CC2)cn1. The molecule has 4 heteroatoms. The summed E-state index contributed by atoms with van der Waals surface area (Å²) in [5.41, 5.74) is 0.528. The Morgan fingerprint density at radius 3 is 2.93 bits per heavy atom. The minimum absolute atomic E-state index is 0.0388. The highest BCUT2D eigenvalue weighted by molar-refractivity contribution is 6.02. The van der Waals surface area contributed by atoms with Crippen molar-refractivity contribution in [3.63, 3.8) is 0 Å². The molecule has 1 fully saturated rings. The van der Waals surface area contributed by atoms with Crippen LogP contribution < -0.4 is 0 Å². The lowest BCUT2D eigenvalue weighted by Crippen LogP contribution is -2.03. The maximum atomic E-state index is 11.6.